The molecule has 0 bridgehead atoms. The first kappa shape index (κ1) is 40.6. The van der Waals surface area contributed by atoms with E-state index in [1.807, 2.05) is 12.1 Å². The lowest BCUT2D eigenvalue weighted by Crippen LogP contribution is -2.10. The second-order valence-electron chi connectivity index (χ2n) is 18.5. The van der Waals surface area contributed by atoms with Gasteiger partial charge in [-0.15, -0.1) is 0 Å². The van der Waals surface area contributed by atoms with Crippen LogP contribution in [0.5, 0.6) is 0 Å². The number of anilines is 3. The molecule has 12 aromatic carbocycles. The lowest BCUT2D eigenvalue weighted by molar-refractivity contribution is 0.669. The summed E-state index contributed by atoms with van der Waals surface area (Å²) >= 11 is 0. The van der Waals surface area contributed by atoms with Gasteiger partial charge in [0.1, 0.15) is 11.2 Å². The third-order valence-electron chi connectivity index (χ3n) is 14.4. The van der Waals surface area contributed by atoms with Crippen molar-refractivity contribution in [2.75, 3.05) is 4.90 Å². The van der Waals surface area contributed by atoms with Gasteiger partial charge in [-0.1, -0.05) is 188 Å². The molecule has 3 nitrogen and oxygen atoms in total. The van der Waals surface area contributed by atoms with Crippen molar-refractivity contribution in [2.24, 2.45) is 0 Å². The van der Waals surface area contributed by atoms with Crippen LogP contribution in [0.3, 0.4) is 0 Å². The van der Waals surface area contributed by atoms with Crippen LogP contribution in [0.15, 0.2) is 271 Å². The summed E-state index contributed by atoms with van der Waals surface area (Å²) in [6, 6.07) is 96.7. The Morgan fingerprint density at radius 1 is 0.268 bits per heavy atom. The van der Waals surface area contributed by atoms with Crippen molar-refractivity contribution in [3.05, 3.63) is 267 Å². The molecule has 0 aliphatic rings. The van der Waals surface area contributed by atoms with Crippen molar-refractivity contribution in [3.8, 4) is 50.2 Å². The van der Waals surface area contributed by atoms with Gasteiger partial charge in [0.2, 0.25) is 0 Å². The molecule has 0 N–H and O–H groups in total. The molecular formula is C68H44N2O. The first-order chi connectivity index (χ1) is 35.2. The molecule has 14 aromatic rings. The van der Waals surface area contributed by atoms with Gasteiger partial charge in [-0.05, 0) is 140 Å². The Hall–Kier alpha value is -9.44. The lowest BCUT2D eigenvalue weighted by atomic mass is 9.97. The van der Waals surface area contributed by atoms with Gasteiger partial charge in [-0.25, -0.2) is 0 Å². The number of fused-ring (bicyclic) bond motifs is 9. The molecule has 2 heterocycles. The summed E-state index contributed by atoms with van der Waals surface area (Å²) < 4.78 is 8.65. The Kier molecular flexibility index (Phi) is 9.53. The maximum atomic E-state index is 6.26. The average molecular weight is 905 g/mol. The number of para-hydroxylation sites is 3. The number of hydrogen-bond donors (Lipinski definition) is 0. The molecule has 3 heteroatoms. The van der Waals surface area contributed by atoms with E-state index in [9.17, 15) is 0 Å². The van der Waals surface area contributed by atoms with Crippen molar-refractivity contribution < 1.29 is 4.42 Å². The highest BCUT2D eigenvalue weighted by Gasteiger charge is 2.19. The first-order valence-corrected chi connectivity index (χ1v) is 24.3. The van der Waals surface area contributed by atoms with Gasteiger partial charge in [0.05, 0.1) is 16.7 Å². The van der Waals surface area contributed by atoms with Crippen molar-refractivity contribution in [1.29, 1.82) is 0 Å². The maximum absolute atomic E-state index is 6.26. The number of benzene rings is 12. The van der Waals surface area contributed by atoms with Gasteiger partial charge in [0.25, 0.3) is 0 Å². The molecule has 0 radical (unpaired) electrons. The number of furan rings is 1. The highest BCUT2D eigenvalue weighted by molar-refractivity contribution is 6.15. The van der Waals surface area contributed by atoms with Crippen LogP contribution in [0.2, 0.25) is 0 Å². The Morgan fingerprint density at radius 2 is 0.718 bits per heavy atom. The summed E-state index contributed by atoms with van der Waals surface area (Å²) in [5.41, 5.74) is 18.0. The lowest BCUT2D eigenvalue weighted by Gasteiger charge is -2.28. The maximum Gasteiger partial charge on any atom is 0.136 e. The third kappa shape index (κ3) is 6.97. The van der Waals surface area contributed by atoms with Gasteiger partial charge in [-0.3, -0.25) is 0 Å². The van der Waals surface area contributed by atoms with Gasteiger partial charge in [0.15, 0.2) is 0 Å². The summed E-state index contributed by atoms with van der Waals surface area (Å²) in [5, 5.41) is 9.70. The van der Waals surface area contributed by atoms with Gasteiger partial charge < -0.3 is 13.9 Å². The topological polar surface area (TPSA) is 21.3 Å². The average Bonchev–Trinajstić information content (AvgIpc) is 3.99. The van der Waals surface area contributed by atoms with Gasteiger partial charge in [-0.2, -0.15) is 0 Å². The predicted octanol–water partition coefficient (Wildman–Crippen LogP) is 19.1. The standard InChI is InChI=1S/C68H44N2O/c1-2-18-57-53(13-1)43-66(59-20-4-3-19-58(57)59)69(55-38-33-48(34-39-55)49-14-11-15-50(41-49)52-35-40-63-62-23-7-10-26-67(62)71-68(63)44-52)54-36-31-46(32-37-54)45-27-29-47(30-28-45)51-16-12-17-56(42-51)70-64-24-8-5-21-60(64)61-22-6-9-25-65(61)70/h1-44H. The Morgan fingerprint density at radius 3 is 1.38 bits per heavy atom. The van der Waals surface area contributed by atoms with Crippen LogP contribution in [0.1, 0.15) is 0 Å². The van der Waals surface area contributed by atoms with E-state index in [0.29, 0.717) is 0 Å². The molecule has 0 aliphatic carbocycles. The van der Waals surface area contributed by atoms with Crippen LogP contribution in [0.25, 0.3) is 115 Å². The first-order valence-electron chi connectivity index (χ1n) is 24.3. The number of rotatable bonds is 8. The van der Waals surface area contributed by atoms with Crippen LogP contribution < -0.4 is 4.90 Å². The van der Waals surface area contributed by atoms with Gasteiger partial charge in [0, 0.05) is 44.0 Å². The quantitative estimate of drug-likeness (QED) is 0.142. The van der Waals surface area contributed by atoms with Crippen LogP contribution in [-0.2, 0) is 0 Å². The molecule has 0 fully saturated rings. The molecule has 0 aliphatic heterocycles. The van der Waals surface area contributed by atoms with Crippen LogP contribution in [-0.4, -0.2) is 4.57 Å². The highest BCUT2D eigenvalue weighted by Crippen LogP contribution is 2.44. The van der Waals surface area contributed by atoms with Crippen LogP contribution in [0, 0.1) is 0 Å². The van der Waals surface area contributed by atoms with E-state index >= 15 is 0 Å². The van der Waals surface area contributed by atoms with E-state index in [1.165, 1.54) is 60.0 Å². The molecule has 332 valence electrons. The predicted molar refractivity (Wildman–Crippen MR) is 299 cm³/mol. The Balaban J connectivity index is 0.801. The van der Waals surface area contributed by atoms with Crippen LogP contribution >= 0.6 is 0 Å². The summed E-state index contributed by atoms with van der Waals surface area (Å²) in [7, 11) is 0. The van der Waals surface area contributed by atoms with E-state index in [4.69, 9.17) is 4.42 Å². The zero-order valence-electron chi connectivity index (χ0n) is 38.7. The second kappa shape index (κ2) is 16.7. The number of hydrogen-bond acceptors (Lipinski definition) is 2. The Labute approximate surface area is 411 Å². The van der Waals surface area contributed by atoms with E-state index in [-0.39, 0.29) is 0 Å². The molecule has 0 spiro atoms. The molecule has 0 atom stereocenters. The van der Waals surface area contributed by atoms with Crippen molar-refractivity contribution >= 4 is 82.4 Å². The van der Waals surface area contributed by atoms with Crippen LogP contribution in [0.4, 0.5) is 17.1 Å². The monoisotopic (exact) mass is 904 g/mol. The molecule has 0 saturated carbocycles. The number of aromatic nitrogens is 1. The fraction of sp³-hybridized carbons (Fsp3) is 0. The van der Waals surface area contributed by atoms with E-state index in [2.05, 4.69) is 264 Å². The SMILES string of the molecule is c1cc(-c2ccc(N(c3ccc(-c4ccc(-c5cccc(-n6c7ccccc7c7ccccc76)c5)cc4)cc3)c3cc4ccccc4c4ccccc34)cc2)cc(-c2ccc3c(c2)oc2ccccc23)c1. The molecule has 0 saturated heterocycles. The minimum atomic E-state index is 0.902. The summed E-state index contributed by atoms with van der Waals surface area (Å²) in [5.74, 6) is 0. The van der Waals surface area contributed by atoms with Gasteiger partial charge >= 0.3 is 0 Å². The molecule has 2 aromatic heterocycles. The molecule has 71 heavy (non-hydrogen) atoms. The molecule has 0 amide bonds. The number of nitrogens with zero attached hydrogens (tertiary/aromatic N) is 2. The van der Waals surface area contributed by atoms with Crippen molar-refractivity contribution in [1.82, 2.24) is 4.57 Å². The zero-order chi connectivity index (χ0) is 46.8. The Bertz CT molecular complexity index is 4280. The zero-order valence-corrected chi connectivity index (χ0v) is 38.7. The van der Waals surface area contributed by atoms with E-state index < -0.39 is 0 Å². The minimum Gasteiger partial charge on any atom is -0.456 e. The molecule has 0 unspecified atom stereocenters. The smallest absolute Gasteiger partial charge is 0.136 e. The minimum absolute atomic E-state index is 0.902. The van der Waals surface area contributed by atoms with E-state index in [1.54, 1.807) is 0 Å². The molecule has 14 rings (SSSR count). The summed E-state index contributed by atoms with van der Waals surface area (Å²) in [6.45, 7) is 0. The summed E-state index contributed by atoms with van der Waals surface area (Å²) in [6.07, 6.45) is 0. The summed E-state index contributed by atoms with van der Waals surface area (Å²) in [4.78, 5) is 2.41. The van der Waals surface area contributed by atoms with Crippen molar-refractivity contribution in [2.45, 2.75) is 0 Å². The fourth-order valence-electron chi connectivity index (χ4n) is 10.9. The fourth-order valence-corrected chi connectivity index (χ4v) is 10.9. The largest absolute Gasteiger partial charge is 0.456 e. The normalized spacial score (nSPS) is 11.7. The highest BCUT2D eigenvalue weighted by atomic mass is 16.3. The van der Waals surface area contributed by atoms with E-state index in [0.717, 1.165) is 72.5 Å². The second-order valence-corrected chi connectivity index (χ2v) is 18.5. The molecular weight excluding hydrogens is 861 g/mol. The third-order valence-corrected chi connectivity index (χ3v) is 14.4. The van der Waals surface area contributed by atoms with Crippen molar-refractivity contribution in [3.63, 3.8) is 0 Å².